The maximum absolute atomic E-state index is 5.51. The van der Waals surface area contributed by atoms with Crippen molar-refractivity contribution in [3.8, 4) is 33.1 Å². The van der Waals surface area contributed by atoms with E-state index in [9.17, 15) is 0 Å². The van der Waals surface area contributed by atoms with Crippen LogP contribution in [0, 0.1) is 0 Å². The Morgan fingerprint density at radius 3 is 1.89 bits per heavy atom. The summed E-state index contributed by atoms with van der Waals surface area (Å²) in [5.74, 6) is 0. The van der Waals surface area contributed by atoms with Gasteiger partial charge in [0.25, 0.3) is 0 Å². The van der Waals surface area contributed by atoms with E-state index in [4.69, 9.17) is 4.98 Å². The minimum absolute atomic E-state index is 0.985. The molecule has 0 N–H and O–H groups in total. The highest BCUT2D eigenvalue weighted by Crippen LogP contribution is 2.45. The van der Waals surface area contributed by atoms with Crippen LogP contribution in [-0.4, -0.2) is 14.1 Å². The van der Waals surface area contributed by atoms with Crippen LogP contribution in [0.25, 0.3) is 107 Å². The van der Waals surface area contributed by atoms with Crippen LogP contribution in [-0.2, 0) is 0 Å². The summed E-state index contributed by atoms with van der Waals surface area (Å²) in [6, 6.07) is 64.0. The van der Waals surface area contributed by atoms with Crippen molar-refractivity contribution in [2.75, 3.05) is 0 Å². The quantitative estimate of drug-likeness (QED) is 0.177. The molecule has 4 aromatic heterocycles. The Hall–Kier alpha value is -6.53. The molecule has 0 saturated heterocycles. The molecule has 0 aliphatic rings. The van der Waals surface area contributed by atoms with Gasteiger partial charge >= 0.3 is 0 Å². The third kappa shape index (κ3) is 4.31. The number of fused-ring (bicyclic) bond motifs is 11. The second kappa shape index (κ2) is 11.5. The first-order valence-corrected chi connectivity index (χ1v) is 19.8. The summed E-state index contributed by atoms with van der Waals surface area (Å²) >= 11 is 3.62. The Balaban J connectivity index is 1.09. The Labute approximate surface area is 318 Å². The van der Waals surface area contributed by atoms with Gasteiger partial charge < -0.3 is 4.57 Å². The molecule has 252 valence electrons. The average Bonchev–Trinajstić information content (AvgIpc) is 3.99. The minimum atomic E-state index is 0.985. The molecule has 8 aromatic carbocycles. The standard InChI is InChI=1S/C49H29N3S2/c1-3-12-30(13-4-1)31-23-25-43-38(28-31)47-44(53-43)26-27-45-48(47)50-49(54-45)52-40-20-10-8-17-37(40)46-34(18-11-21-41(46)52)32-22-24-36-35-16-7-9-19-39(35)51(42(36)29-32)33-14-5-2-6-15-33/h1-29H. The molecule has 0 aliphatic carbocycles. The maximum atomic E-state index is 5.51. The lowest BCUT2D eigenvalue weighted by atomic mass is 9.98. The van der Waals surface area contributed by atoms with Crippen LogP contribution in [0.15, 0.2) is 176 Å². The predicted octanol–water partition coefficient (Wildman–Crippen LogP) is 14.2. The van der Waals surface area contributed by atoms with Crippen LogP contribution in [0.5, 0.6) is 0 Å². The van der Waals surface area contributed by atoms with Crippen molar-refractivity contribution in [2.24, 2.45) is 0 Å². The van der Waals surface area contributed by atoms with Crippen LogP contribution in [0.2, 0.25) is 0 Å². The molecule has 12 aromatic rings. The zero-order valence-corrected chi connectivity index (χ0v) is 30.5. The summed E-state index contributed by atoms with van der Waals surface area (Å²) in [5, 5.41) is 8.49. The second-order valence-corrected chi connectivity index (χ2v) is 16.0. The maximum Gasteiger partial charge on any atom is 0.195 e. The molecule has 5 heteroatoms. The highest BCUT2D eigenvalue weighted by atomic mass is 32.1. The molecule has 0 spiro atoms. The number of hydrogen-bond donors (Lipinski definition) is 0. The van der Waals surface area contributed by atoms with E-state index in [1.54, 1.807) is 11.3 Å². The lowest BCUT2D eigenvalue weighted by Gasteiger charge is -2.10. The summed E-state index contributed by atoms with van der Waals surface area (Å²) in [5.41, 5.74) is 11.8. The van der Waals surface area contributed by atoms with Crippen molar-refractivity contribution in [1.29, 1.82) is 0 Å². The number of para-hydroxylation sites is 3. The van der Waals surface area contributed by atoms with Gasteiger partial charge in [0.05, 0.1) is 32.3 Å². The van der Waals surface area contributed by atoms with Gasteiger partial charge in [0.2, 0.25) is 0 Å². The lowest BCUT2D eigenvalue weighted by Crippen LogP contribution is -1.93. The molecule has 4 heterocycles. The molecule has 0 bridgehead atoms. The van der Waals surface area contributed by atoms with Crippen molar-refractivity contribution in [1.82, 2.24) is 14.1 Å². The zero-order chi connectivity index (χ0) is 35.3. The monoisotopic (exact) mass is 723 g/mol. The molecule has 0 radical (unpaired) electrons. The van der Waals surface area contributed by atoms with Gasteiger partial charge in [-0.25, -0.2) is 4.98 Å². The number of benzene rings is 8. The van der Waals surface area contributed by atoms with Gasteiger partial charge in [0.15, 0.2) is 5.13 Å². The molecule has 0 unspecified atom stereocenters. The number of rotatable bonds is 4. The molecule has 0 amide bonds. The summed E-state index contributed by atoms with van der Waals surface area (Å²) in [6.07, 6.45) is 0. The first-order chi connectivity index (χ1) is 26.8. The van der Waals surface area contributed by atoms with Gasteiger partial charge in [-0.3, -0.25) is 4.57 Å². The zero-order valence-electron chi connectivity index (χ0n) is 28.9. The molecule has 0 atom stereocenters. The molecule has 0 saturated carbocycles. The second-order valence-electron chi connectivity index (χ2n) is 13.9. The first kappa shape index (κ1) is 30.0. The Morgan fingerprint density at radius 2 is 1.04 bits per heavy atom. The van der Waals surface area contributed by atoms with Gasteiger partial charge in [-0.1, -0.05) is 127 Å². The summed E-state index contributed by atoms with van der Waals surface area (Å²) < 4.78 is 8.54. The van der Waals surface area contributed by atoms with E-state index in [2.05, 4.69) is 185 Å². The molecule has 3 nitrogen and oxygen atoms in total. The highest BCUT2D eigenvalue weighted by Gasteiger charge is 2.21. The molecule has 54 heavy (non-hydrogen) atoms. The third-order valence-electron chi connectivity index (χ3n) is 11.0. The topological polar surface area (TPSA) is 22.8 Å². The normalized spacial score (nSPS) is 12.1. The highest BCUT2D eigenvalue weighted by molar-refractivity contribution is 7.26. The summed E-state index contributed by atoms with van der Waals surface area (Å²) in [4.78, 5) is 5.51. The van der Waals surface area contributed by atoms with Crippen LogP contribution >= 0.6 is 22.7 Å². The third-order valence-corrected chi connectivity index (χ3v) is 13.1. The van der Waals surface area contributed by atoms with Crippen molar-refractivity contribution in [2.45, 2.75) is 0 Å². The smallest absolute Gasteiger partial charge is 0.195 e. The van der Waals surface area contributed by atoms with E-state index in [-0.39, 0.29) is 0 Å². The Bertz CT molecular complexity index is 3440. The van der Waals surface area contributed by atoms with Gasteiger partial charge in [-0.15, -0.1) is 11.3 Å². The van der Waals surface area contributed by atoms with Gasteiger partial charge in [0, 0.05) is 47.4 Å². The minimum Gasteiger partial charge on any atom is -0.309 e. The number of aromatic nitrogens is 3. The first-order valence-electron chi connectivity index (χ1n) is 18.2. The van der Waals surface area contributed by atoms with Crippen molar-refractivity contribution >= 4 is 96.7 Å². The SMILES string of the molecule is c1ccc(-c2ccc3sc4ccc5sc(-n6c7ccccc7c7c(-c8ccc9c%10ccccc%10n(-c%10ccccc%10)c9c8)cccc76)nc5c4c3c2)cc1. The van der Waals surface area contributed by atoms with E-state index < -0.39 is 0 Å². The number of thiophene rings is 1. The lowest BCUT2D eigenvalue weighted by molar-refractivity contribution is 1.15. The van der Waals surface area contributed by atoms with Crippen LogP contribution < -0.4 is 0 Å². The fraction of sp³-hybridized carbons (Fsp3) is 0. The van der Waals surface area contributed by atoms with E-state index in [1.165, 1.54) is 79.7 Å². The summed E-state index contributed by atoms with van der Waals surface area (Å²) in [6.45, 7) is 0. The fourth-order valence-corrected chi connectivity index (χ4v) is 10.7. The molecule has 0 aliphatic heterocycles. The Kier molecular flexibility index (Phi) is 6.38. The average molecular weight is 724 g/mol. The predicted molar refractivity (Wildman–Crippen MR) is 232 cm³/mol. The fourth-order valence-electron chi connectivity index (χ4n) is 8.61. The van der Waals surface area contributed by atoms with Crippen molar-refractivity contribution in [3.63, 3.8) is 0 Å². The van der Waals surface area contributed by atoms with E-state index in [0.717, 1.165) is 27.4 Å². The molecular weight excluding hydrogens is 695 g/mol. The van der Waals surface area contributed by atoms with E-state index in [1.807, 2.05) is 11.3 Å². The van der Waals surface area contributed by atoms with Gasteiger partial charge in [-0.05, 0) is 82.9 Å². The van der Waals surface area contributed by atoms with Gasteiger partial charge in [-0.2, -0.15) is 0 Å². The molecule has 0 fully saturated rings. The summed E-state index contributed by atoms with van der Waals surface area (Å²) in [7, 11) is 0. The van der Waals surface area contributed by atoms with E-state index in [0.29, 0.717) is 0 Å². The van der Waals surface area contributed by atoms with E-state index >= 15 is 0 Å². The molecule has 12 rings (SSSR count). The van der Waals surface area contributed by atoms with Crippen LogP contribution in [0.3, 0.4) is 0 Å². The Morgan fingerprint density at radius 1 is 0.370 bits per heavy atom. The largest absolute Gasteiger partial charge is 0.309 e. The number of nitrogens with zero attached hydrogens (tertiary/aromatic N) is 3. The van der Waals surface area contributed by atoms with Crippen molar-refractivity contribution < 1.29 is 0 Å². The molecular formula is C49H29N3S2. The van der Waals surface area contributed by atoms with Crippen LogP contribution in [0.1, 0.15) is 0 Å². The number of hydrogen-bond acceptors (Lipinski definition) is 3. The van der Waals surface area contributed by atoms with Crippen LogP contribution in [0.4, 0.5) is 0 Å². The van der Waals surface area contributed by atoms with Crippen molar-refractivity contribution in [3.05, 3.63) is 176 Å². The van der Waals surface area contributed by atoms with Gasteiger partial charge in [0.1, 0.15) is 0 Å². The number of thiazole rings is 1.